The molecule has 8 heteroatoms. The largest absolute Gasteiger partial charge is 0.446 e. The predicted octanol–water partition coefficient (Wildman–Crippen LogP) is 3.58. The molecule has 0 aromatic heterocycles. The summed E-state index contributed by atoms with van der Waals surface area (Å²) in [6.45, 7) is 1.77. The molecule has 1 rings (SSSR count). The monoisotopic (exact) mass is 322 g/mol. The number of aliphatic hydroxyl groups is 1. The van der Waals surface area contributed by atoms with Crippen LogP contribution in [0.1, 0.15) is 19.8 Å². The fraction of sp³-hybridized carbons (Fsp3) is 0.462. The van der Waals surface area contributed by atoms with Crippen LogP contribution in [-0.4, -0.2) is 29.3 Å². The van der Waals surface area contributed by atoms with Gasteiger partial charge in [0.1, 0.15) is 0 Å². The molecule has 0 bridgehead atoms. The van der Waals surface area contributed by atoms with Crippen molar-refractivity contribution in [2.75, 3.05) is 11.9 Å². The Hall–Kier alpha value is -1.41. The molecule has 0 aliphatic heterocycles. The third-order valence-electron chi connectivity index (χ3n) is 2.67. The number of carbonyl (C=O) groups is 1. The van der Waals surface area contributed by atoms with Crippen LogP contribution in [0.4, 0.5) is 23.7 Å². The number of aliphatic hydroxyl groups excluding tert-OH is 1. The van der Waals surface area contributed by atoms with Gasteiger partial charge in [0.15, 0.2) is 0 Å². The number of anilines is 1. The van der Waals surface area contributed by atoms with Gasteiger partial charge >= 0.3 is 11.5 Å². The van der Waals surface area contributed by atoms with E-state index in [9.17, 15) is 18.0 Å². The summed E-state index contributed by atoms with van der Waals surface area (Å²) >= 11 is -0.278. The third-order valence-corrected chi connectivity index (χ3v) is 3.47. The average molecular weight is 322 g/mol. The van der Waals surface area contributed by atoms with Gasteiger partial charge in [-0.1, -0.05) is 19.1 Å². The molecule has 0 saturated heterocycles. The molecule has 1 unspecified atom stereocenters. The van der Waals surface area contributed by atoms with Gasteiger partial charge in [0, 0.05) is 17.5 Å². The molecule has 0 spiro atoms. The molecular formula is C13H17F3N2O2S. The minimum absolute atomic E-state index is 0.0701. The van der Waals surface area contributed by atoms with Gasteiger partial charge in [0.2, 0.25) is 0 Å². The Morgan fingerprint density at radius 3 is 2.62 bits per heavy atom. The minimum Gasteiger partial charge on any atom is -0.396 e. The highest BCUT2D eigenvalue weighted by molar-refractivity contribution is 8.00. The van der Waals surface area contributed by atoms with Crippen molar-refractivity contribution in [3.63, 3.8) is 0 Å². The maximum Gasteiger partial charge on any atom is 0.446 e. The first kappa shape index (κ1) is 17.6. The minimum atomic E-state index is -4.42. The highest BCUT2D eigenvalue weighted by atomic mass is 32.2. The lowest BCUT2D eigenvalue weighted by molar-refractivity contribution is -0.0328. The van der Waals surface area contributed by atoms with Gasteiger partial charge in [-0.3, -0.25) is 0 Å². The van der Waals surface area contributed by atoms with Crippen LogP contribution in [0.2, 0.25) is 0 Å². The molecule has 1 atom stereocenters. The summed E-state index contributed by atoms with van der Waals surface area (Å²) in [6, 6.07) is 4.89. The van der Waals surface area contributed by atoms with Gasteiger partial charge < -0.3 is 15.7 Å². The van der Waals surface area contributed by atoms with Crippen LogP contribution in [0.15, 0.2) is 29.2 Å². The topological polar surface area (TPSA) is 61.4 Å². The van der Waals surface area contributed by atoms with Crippen molar-refractivity contribution in [3.05, 3.63) is 24.3 Å². The fourth-order valence-electron chi connectivity index (χ4n) is 1.66. The van der Waals surface area contributed by atoms with Gasteiger partial charge in [-0.25, -0.2) is 4.79 Å². The molecule has 118 valence electrons. The molecule has 2 amide bonds. The van der Waals surface area contributed by atoms with Crippen molar-refractivity contribution in [1.82, 2.24) is 5.32 Å². The highest BCUT2D eigenvalue weighted by Crippen LogP contribution is 2.40. The Kier molecular flexibility index (Phi) is 6.83. The van der Waals surface area contributed by atoms with E-state index < -0.39 is 11.5 Å². The Balaban J connectivity index is 2.71. The standard InChI is InChI=1S/C13H17F3N2O2S/c1-2-9(7-8-19)17-12(20)18-10-5-3-4-6-11(10)21-13(14,15)16/h3-6,9,19H,2,7-8H2,1H3,(H2,17,18,20). The van der Waals surface area contributed by atoms with Gasteiger partial charge in [-0.15, -0.1) is 0 Å². The Morgan fingerprint density at radius 1 is 1.38 bits per heavy atom. The van der Waals surface area contributed by atoms with Gasteiger partial charge in [0.25, 0.3) is 0 Å². The Bertz CT molecular complexity index is 469. The number of nitrogens with one attached hydrogen (secondary N) is 2. The van der Waals surface area contributed by atoms with Crippen LogP contribution >= 0.6 is 11.8 Å². The SMILES string of the molecule is CCC(CCO)NC(=O)Nc1ccccc1SC(F)(F)F. The van der Waals surface area contributed by atoms with Crippen molar-refractivity contribution in [1.29, 1.82) is 0 Å². The lowest BCUT2D eigenvalue weighted by Gasteiger charge is -2.17. The van der Waals surface area contributed by atoms with E-state index in [1.54, 1.807) is 6.07 Å². The lowest BCUT2D eigenvalue weighted by Crippen LogP contribution is -2.38. The van der Waals surface area contributed by atoms with Crippen LogP contribution < -0.4 is 10.6 Å². The molecule has 0 radical (unpaired) electrons. The van der Waals surface area contributed by atoms with Gasteiger partial charge in [-0.2, -0.15) is 13.2 Å². The number of rotatable bonds is 6. The van der Waals surface area contributed by atoms with Crippen molar-refractivity contribution in [2.24, 2.45) is 0 Å². The predicted molar refractivity (Wildman–Crippen MR) is 76.3 cm³/mol. The number of thioether (sulfide) groups is 1. The van der Waals surface area contributed by atoms with E-state index in [-0.39, 0.29) is 35.0 Å². The smallest absolute Gasteiger partial charge is 0.396 e. The number of para-hydroxylation sites is 1. The molecule has 21 heavy (non-hydrogen) atoms. The van der Waals surface area contributed by atoms with E-state index in [0.717, 1.165) is 0 Å². The quantitative estimate of drug-likeness (QED) is 0.702. The maximum absolute atomic E-state index is 12.4. The summed E-state index contributed by atoms with van der Waals surface area (Å²) in [4.78, 5) is 11.7. The molecule has 1 aromatic rings. The van der Waals surface area contributed by atoms with Crippen LogP contribution in [0.25, 0.3) is 0 Å². The van der Waals surface area contributed by atoms with E-state index >= 15 is 0 Å². The van der Waals surface area contributed by atoms with Gasteiger partial charge in [-0.05, 0) is 36.7 Å². The van der Waals surface area contributed by atoms with Crippen molar-refractivity contribution >= 4 is 23.5 Å². The molecule has 3 N–H and O–H groups in total. The number of hydrogen-bond acceptors (Lipinski definition) is 3. The normalized spacial score (nSPS) is 12.8. The second-order valence-electron chi connectivity index (χ2n) is 4.26. The number of amides is 2. The van der Waals surface area contributed by atoms with E-state index in [1.165, 1.54) is 18.2 Å². The fourth-order valence-corrected chi connectivity index (χ4v) is 2.29. The third kappa shape index (κ3) is 6.72. The highest BCUT2D eigenvalue weighted by Gasteiger charge is 2.30. The zero-order valence-corrected chi connectivity index (χ0v) is 12.2. The number of urea groups is 1. The first-order chi connectivity index (χ1) is 9.85. The second kappa shape index (κ2) is 8.14. The summed E-state index contributed by atoms with van der Waals surface area (Å²) in [5.41, 5.74) is -4.33. The van der Waals surface area contributed by atoms with E-state index in [4.69, 9.17) is 5.11 Å². The zero-order valence-electron chi connectivity index (χ0n) is 11.4. The van der Waals surface area contributed by atoms with Crippen LogP contribution in [0.3, 0.4) is 0 Å². The number of benzene rings is 1. The summed E-state index contributed by atoms with van der Waals surface area (Å²) < 4.78 is 37.3. The maximum atomic E-state index is 12.4. The average Bonchev–Trinajstić information content (AvgIpc) is 2.39. The second-order valence-corrected chi connectivity index (χ2v) is 5.37. The molecule has 0 aliphatic rings. The molecule has 4 nitrogen and oxygen atoms in total. The van der Waals surface area contributed by atoms with Gasteiger partial charge in [0.05, 0.1) is 5.69 Å². The Labute approximate surface area is 125 Å². The zero-order chi connectivity index (χ0) is 15.9. The first-order valence-electron chi connectivity index (χ1n) is 6.39. The van der Waals surface area contributed by atoms with E-state index in [0.29, 0.717) is 12.8 Å². The van der Waals surface area contributed by atoms with Crippen molar-refractivity contribution in [2.45, 2.75) is 36.2 Å². The number of halogens is 3. The molecule has 0 saturated carbocycles. The van der Waals surface area contributed by atoms with E-state index in [2.05, 4.69) is 10.6 Å². The summed E-state index contributed by atoms with van der Waals surface area (Å²) in [7, 11) is 0. The van der Waals surface area contributed by atoms with Crippen LogP contribution in [-0.2, 0) is 0 Å². The number of hydrogen-bond donors (Lipinski definition) is 3. The number of alkyl halides is 3. The molecule has 1 aromatic carbocycles. The lowest BCUT2D eigenvalue weighted by atomic mass is 10.2. The molecule has 0 fully saturated rings. The first-order valence-corrected chi connectivity index (χ1v) is 7.20. The van der Waals surface area contributed by atoms with Crippen molar-refractivity contribution < 1.29 is 23.1 Å². The molecular weight excluding hydrogens is 305 g/mol. The Morgan fingerprint density at radius 2 is 2.05 bits per heavy atom. The summed E-state index contributed by atoms with van der Waals surface area (Å²) in [5.74, 6) is 0. The van der Waals surface area contributed by atoms with Crippen LogP contribution in [0.5, 0.6) is 0 Å². The van der Waals surface area contributed by atoms with Crippen molar-refractivity contribution in [3.8, 4) is 0 Å². The summed E-state index contributed by atoms with van der Waals surface area (Å²) in [6.07, 6.45) is 1.01. The number of carbonyl (C=O) groups excluding carboxylic acids is 1. The summed E-state index contributed by atoms with van der Waals surface area (Å²) in [5, 5.41) is 13.9. The van der Waals surface area contributed by atoms with E-state index in [1.807, 2.05) is 6.92 Å². The molecule has 0 aliphatic carbocycles. The molecule has 0 heterocycles. The van der Waals surface area contributed by atoms with Crippen LogP contribution in [0, 0.1) is 0 Å².